The maximum Gasteiger partial charge on any atom is 0.339 e. The van der Waals surface area contributed by atoms with Crippen LogP contribution < -0.4 is 4.90 Å². The predicted molar refractivity (Wildman–Crippen MR) is 65.6 cm³/mol. The summed E-state index contributed by atoms with van der Waals surface area (Å²) >= 11 is 0. The summed E-state index contributed by atoms with van der Waals surface area (Å²) in [5.74, 6) is -0.445. The van der Waals surface area contributed by atoms with Crippen LogP contribution in [0.3, 0.4) is 0 Å². The molecule has 0 aromatic carbocycles. The number of rotatable bonds is 5. The highest BCUT2D eigenvalue weighted by molar-refractivity contribution is 5.88. The molecule has 1 aromatic heterocycles. The van der Waals surface area contributed by atoms with E-state index in [2.05, 4.69) is 14.9 Å². The van der Waals surface area contributed by atoms with E-state index in [-0.39, 0.29) is 5.56 Å². The summed E-state index contributed by atoms with van der Waals surface area (Å²) in [4.78, 5) is 23.0. The Kier molecular flexibility index (Phi) is 4.39. The average Bonchev–Trinajstić information content (AvgIpc) is 2.25. The summed E-state index contributed by atoms with van der Waals surface area (Å²) in [5, 5.41) is 8.87. The van der Waals surface area contributed by atoms with Gasteiger partial charge in [0.05, 0.1) is 11.3 Å². The van der Waals surface area contributed by atoms with Crippen molar-refractivity contribution in [3.05, 3.63) is 17.5 Å². The van der Waals surface area contributed by atoms with E-state index in [0.717, 1.165) is 13.1 Å². The minimum absolute atomic E-state index is 0.148. The normalized spacial score (nSPS) is 10.6. The number of carboxylic acids is 1. The molecule has 0 saturated heterocycles. The van der Waals surface area contributed by atoms with Crippen LogP contribution in [0.25, 0.3) is 0 Å². The van der Waals surface area contributed by atoms with Crippen molar-refractivity contribution in [2.24, 2.45) is 0 Å². The van der Waals surface area contributed by atoms with Crippen molar-refractivity contribution in [3.8, 4) is 0 Å². The molecule has 0 bridgehead atoms. The first kappa shape index (κ1) is 13.4. The first-order chi connectivity index (χ1) is 7.91. The highest BCUT2D eigenvalue weighted by Gasteiger charge is 2.11. The summed E-state index contributed by atoms with van der Waals surface area (Å²) in [7, 11) is 5.87. The summed E-state index contributed by atoms with van der Waals surface area (Å²) in [6.45, 7) is 3.35. The van der Waals surface area contributed by atoms with Crippen molar-refractivity contribution in [1.29, 1.82) is 0 Å². The second kappa shape index (κ2) is 5.58. The van der Waals surface area contributed by atoms with Gasteiger partial charge in [-0.1, -0.05) is 0 Å². The van der Waals surface area contributed by atoms with Gasteiger partial charge in [0.1, 0.15) is 0 Å². The lowest BCUT2D eigenvalue weighted by molar-refractivity contribution is 0.0695. The van der Waals surface area contributed by atoms with Gasteiger partial charge in [0.2, 0.25) is 5.95 Å². The van der Waals surface area contributed by atoms with Crippen LogP contribution >= 0.6 is 0 Å². The number of anilines is 1. The number of aryl methyl sites for hydroxylation is 1. The third-order valence-electron chi connectivity index (χ3n) is 2.42. The molecule has 17 heavy (non-hydrogen) atoms. The number of hydrogen-bond donors (Lipinski definition) is 1. The van der Waals surface area contributed by atoms with Crippen molar-refractivity contribution in [2.45, 2.75) is 6.92 Å². The van der Waals surface area contributed by atoms with E-state index in [1.54, 1.807) is 6.92 Å². The molecule has 0 aliphatic heterocycles. The highest BCUT2D eigenvalue weighted by atomic mass is 16.4. The van der Waals surface area contributed by atoms with Crippen LogP contribution in [-0.4, -0.2) is 60.2 Å². The van der Waals surface area contributed by atoms with Gasteiger partial charge in [-0.3, -0.25) is 0 Å². The molecule has 0 radical (unpaired) electrons. The zero-order valence-corrected chi connectivity index (χ0v) is 10.6. The molecule has 1 rings (SSSR count). The van der Waals surface area contributed by atoms with Crippen LogP contribution in [0.1, 0.15) is 16.1 Å². The zero-order valence-electron chi connectivity index (χ0n) is 10.6. The fourth-order valence-electron chi connectivity index (χ4n) is 1.30. The number of carbonyl (C=O) groups is 1. The van der Waals surface area contributed by atoms with Gasteiger partial charge in [-0.25, -0.2) is 14.8 Å². The Balaban J connectivity index is 2.79. The smallest absolute Gasteiger partial charge is 0.339 e. The molecule has 0 aliphatic rings. The summed E-state index contributed by atoms with van der Waals surface area (Å²) in [6.07, 6.45) is 1.35. The molecule has 6 heteroatoms. The number of carboxylic acid groups (broad SMARTS) is 1. The Morgan fingerprint density at radius 2 is 2.00 bits per heavy atom. The van der Waals surface area contributed by atoms with Gasteiger partial charge in [0.25, 0.3) is 0 Å². The molecule has 0 unspecified atom stereocenters. The maximum absolute atomic E-state index is 10.8. The van der Waals surface area contributed by atoms with Gasteiger partial charge in [-0.15, -0.1) is 0 Å². The van der Waals surface area contributed by atoms with E-state index in [1.807, 2.05) is 26.0 Å². The highest BCUT2D eigenvalue weighted by Crippen LogP contribution is 2.09. The van der Waals surface area contributed by atoms with Gasteiger partial charge in [0.15, 0.2) is 0 Å². The van der Waals surface area contributed by atoms with Gasteiger partial charge < -0.3 is 14.9 Å². The number of nitrogens with zero attached hydrogens (tertiary/aromatic N) is 4. The molecule has 1 heterocycles. The standard InChI is InChI=1S/C11H18N4O2/c1-8-9(10(16)17)7-12-11(13-8)15(4)6-5-14(2)3/h7H,5-6H2,1-4H3,(H,16,17). The van der Waals surface area contributed by atoms with E-state index in [0.29, 0.717) is 11.6 Å². The monoisotopic (exact) mass is 238 g/mol. The predicted octanol–water partition coefficient (Wildman–Crippen LogP) is 0.481. The van der Waals surface area contributed by atoms with E-state index >= 15 is 0 Å². The SMILES string of the molecule is Cc1nc(N(C)CCN(C)C)ncc1C(=O)O. The van der Waals surface area contributed by atoms with E-state index in [9.17, 15) is 4.79 Å². The summed E-state index contributed by atoms with van der Waals surface area (Å²) in [6, 6.07) is 0. The molecule has 0 fully saturated rings. The van der Waals surface area contributed by atoms with Crippen molar-refractivity contribution >= 4 is 11.9 Å². The van der Waals surface area contributed by atoms with E-state index in [4.69, 9.17) is 5.11 Å². The Hall–Kier alpha value is -1.69. The van der Waals surface area contributed by atoms with Crippen molar-refractivity contribution in [2.75, 3.05) is 39.1 Å². The first-order valence-electron chi connectivity index (χ1n) is 5.34. The second-order valence-corrected chi connectivity index (χ2v) is 4.20. The van der Waals surface area contributed by atoms with Crippen LogP contribution in [0.2, 0.25) is 0 Å². The first-order valence-corrected chi connectivity index (χ1v) is 5.34. The Bertz CT molecular complexity index is 406. The molecular weight excluding hydrogens is 220 g/mol. The third kappa shape index (κ3) is 3.67. The molecule has 0 aliphatic carbocycles. The minimum atomic E-state index is -0.995. The summed E-state index contributed by atoms with van der Waals surface area (Å²) in [5.41, 5.74) is 0.633. The fraction of sp³-hybridized carbons (Fsp3) is 0.545. The number of aromatic carboxylic acids is 1. The van der Waals surface area contributed by atoms with E-state index in [1.165, 1.54) is 6.20 Å². The molecule has 0 saturated carbocycles. The number of aromatic nitrogens is 2. The van der Waals surface area contributed by atoms with Gasteiger partial charge in [-0.2, -0.15) is 0 Å². The summed E-state index contributed by atoms with van der Waals surface area (Å²) < 4.78 is 0. The van der Waals surface area contributed by atoms with Gasteiger partial charge in [-0.05, 0) is 21.0 Å². The molecule has 6 nitrogen and oxygen atoms in total. The second-order valence-electron chi connectivity index (χ2n) is 4.20. The van der Waals surface area contributed by atoms with Gasteiger partial charge >= 0.3 is 5.97 Å². The molecule has 1 aromatic rings. The number of hydrogen-bond acceptors (Lipinski definition) is 5. The third-order valence-corrected chi connectivity index (χ3v) is 2.42. The fourth-order valence-corrected chi connectivity index (χ4v) is 1.30. The largest absolute Gasteiger partial charge is 0.478 e. The molecule has 0 spiro atoms. The molecular formula is C11H18N4O2. The van der Waals surface area contributed by atoms with Crippen LogP contribution in [0, 0.1) is 6.92 Å². The van der Waals surface area contributed by atoms with E-state index < -0.39 is 5.97 Å². The number of likely N-dealkylation sites (N-methyl/N-ethyl adjacent to an activating group) is 2. The molecule has 1 N–H and O–H groups in total. The lowest BCUT2D eigenvalue weighted by Crippen LogP contribution is -2.29. The van der Waals surface area contributed by atoms with Crippen molar-refractivity contribution < 1.29 is 9.90 Å². The maximum atomic E-state index is 10.8. The van der Waals surface area contributed by atoms with Crippen molar-refractivity contribution in [1.82, 2.24) is 14.9 Å². The average molecular weight is 238 g/mol. The molecule has 0 atom stereocenters. The molecule has 0 amide bonds. The van der Waals surface area contributed by atoms with Gasteiger partial charge in [0, 0.05) is 26.3 Å². The zero-order chi connectivity index (χ0) is 13.0. The Morgan fingerprint density at radius 1 is 1.35 bits per heavy atom. The quantitative estimate of drug-likeness (QED) is 0.804. The van der Waals surface area contributed by atoms with Crippen LogP contribution in [0.15, 0.2) is 6.20 Å². The van der Waals surface area contributed by atoms with Crippen LogP contribution in [0.5, 0.6) is 0 Å². The van der Waals surface area contributed by atoms with Crippen molar-refractivity contribution in [3.63, 3.8) is 0 Å². The lowest BCUT2D eigenvalue weighted by atomic mass is 10.2. The Morgan fingerprint density at radius 3 is 2.47 bits per heavy atom. The lowest BCUT2D eigenvalue weighted by Gasteiger charge is -2.19. The molecule has 94 valence electrons. The minimum Gasteiger partial charge on any atom is -0.478 e. The topological polar surface area (TPSA) is 69.6 Å². The van der Waals surface area contributed by atoms with Crippen LogP contribution in [-0.2, 0) is 0 Å². The van der Waals surface area contributed by atoms with Crippen LogP contribution in [0.4, 0.5) is 5.95 Å². The Labute approximate surface area is 101 Å².